The van der Waals surface area contributed by atoms with Crippen molar-refractivity contribution in [3.05, 3.63) is 78.4 Å². The Labute approximate surface area is 180 Å². The highest BCUT2D eigenvalue weighted by Crippen LogP contribution is 2.22. The van der Waals surface area contributed by atoms with Gasteiger partial charge in [0.2, 0.25) is 0 Å². The third-order valence-corrected chi connectivity index (χ3v) is 5.63. The number of fused-ring (bicyclic) bond motifs is 1. The van der Waals surface area contributed by atoms with Crippen molar-refractivity contribution in [2.45, 2.75) is 6.54 Å². The lowest BCUT2D eigenvalue weighted by Gasteiger charge is -2.34. The highest BCUT2D eigenvalue weighted by atomic mass is 16.6. The molecule has 31 heavy (non-hydrogen) atoms. The Kier molecular flexibility index (Phi) is 5.33. The van der Waals surface area contributed by atoms with E-state index in [4.69, 9.17) is 4.63 Å². The number of urea groups is 1. The number of piperazine rings is 1. The molecule has 2 amide bonds. The molecular formula is C24H23N5O2. The molecule has 1 fully saturated rings. The summed E-state index contributed by atoms with van der Waals surface area (Å²) in [6.45, 7) is 3.89. The Hall–Kier alpha value is -3.71. The van der Waals surface area contributed by atoms with Crippen molar-refractivity contribution in [2.24, 2.45) is 0 Å². The van der Waals surface area contributed by atoms with E-state index in [1.54, 1.807) is 12.1 Å². The van der Waals surface area contributed by atoms with E-state index < -0.39 is 0 Å². The normalized spacial score (nSPS) is 14.6. The molecule has 3 aromatic carbocycles. The number of rotatable bonds is 4. The zero-order chi connectivity index (χ0) is 21.0. The minimum absolute atomic E-state index is 0.124. The molecule has 1 aromatic heterocycles. The van der Waals surface area contributed by atoms with Crippen LogP contribution in [0.5, 0.6) is 0 Å². The minimum atomic E-state index is -0.124. The molecule has 156 valence electrons. The first-order chi connectivity index (χ1) is 15.3. The summed E-state index contributed by atoms with van der Waals surface area (Å²) in [6.07, 6.45) is 0. The number of carbonyl (C=O) groups is 1. The second-order valence-corrected chi connectivity index (χ2v) is 7.70. The number of amides is 2. The highest BCUT2D eigenvalue weighted by molar-refractivity contribution is 5.98. The van der Waals surface area contributed by atoms with Crippen LogP contribution >= 0.6 is 0 Å². The summed E-state index contributed by atoms with van der Waals surface area (Å²) in [5.41, 5.74) is 5.54. The fraction of sp³-hybridized carbons (Fsp3) is 0.208. The van der Waals surface area contributed by atoms with Gasteiger partial charge in [0.05, 0.1) is 5.69 Å². The molecular weight excluding hydrogens is 390 g/mol. The quantitative estimate of drug-likeness (QED) is 0.542. The van der Waals surface area contributed by atoms with Gasteiger partial charge in [0.15, 0.2) is 5.52 Å². The number of benzene rings is 3. The summed E-state index contributed by atoms with van der Waals surface area (Å²) in [7, 11) is 0. The summed E-state index contributed by atoms with van der Waals surface area (Å²) in [5.74, 6) is 0. The van der Waals surface area contributed by atoms with Crippen molar-refractivity contribution >= 4 is 22.8 Å². The number of anilines is 1. The summed E-state index contributed by atoms with van der Waals surface area (Å²) < 4.78 is 4.77. The molecule has 0 spiro atoms. The molecule has 1 N–H and O–H groups in total. The van der Waals surface area contributed by atoms with E-state index in [0.717, 1.165) is 19.6 Å². The number of nitrogens with one attached hydrogen (secondary N) is 1. The smallest absolute Gasteiger partial charge is 0.321 e. The van der Waals surface area contributed by atoms with Gasteiger partial charge in [-0.1, -0.05) is 54.6 Å². The molecule has 0 bridgehead atoms. The van der Waals surface area contributed by atoms with Crippen molar-refractivity contribution in [1.82, 2.24) is 20.1 Å². The average molecular weight is 413 g/mol. The van der Waals surface area contributed by atoms with Crippen LogP contribution in [0, 0.1) is 0 Å². The molecule has 0 saturated carbocycles. The van der Waals surface area contributed by atoms with Gasteiger partial charge in [0.25, 0.3) is 0 Å². The van der Waals surface area contributed by atoms with Crippen LogP contribution in [-0.2, 0) is 6.54 Å². The molecule has 4 aromatic rings. The second-order valence-electron chi connectivity index (χ2n) is 7.70. The summed E-state index contributed by atoms with van der Waals surface area (Å²) in [6, 6.07) is 24.4. The van der Waals surface area contributed by atoms with E-state index in [1.165, 1.54) is 16.7 Å². The third kappa shape index (κ3) is 4.27. The van der Waals surface area contributed by atoms with Gasteiger partial charge in [0.1, 0.15) is 5.52 Å². The van der Waals surface area contributed by atoms with Crippen LogP contribution in [-0.4, -0.2) is 52.3 Å². The molecule has 1 saturated heterocycles. The van der Waals surface area contributed by atoms with Crippen LogP contribution in [0.4, 0.5) is 10.5 Å². The molecule has 7 nitrogen and oxygen atoms in total. The first-order valence-corrected chi connectivity index (χ1v) is 10.4. The van der Waals surface area contributed by atoms with Gasteiger partial charge < -0.3 is 10.2 Å². The van der Waals surface area contributed by atoms with Crippen molar-refractivity contribution in [2.75, 3.05) is 31.5 Å². The van der Waals surface area contributed by atoms with Crippen LogP contribution in [0.3, 0.4) is 0 Å². The van der Waals surface area contributed by atoms with E-state index in [1.807, 2.05) is 17.0 Å². The van der Waals surface area contributed by atoms with Gasteiger partial charge in [-0.15, -0.1) is 0 Å². The molecule has 2 heterocycles. The highest BCUT2D eigenvalue weighted by Gasteiger charge is 2.22. The number of hydrogen-bond donors (Lipinski definition) is 1. The second kappa shape index (κ2) is 8.57. The van der Waals surface area contributed by atoms with Crippen LogP contribution in [0.2, 0.25) is 0 Å². The van der Waals surface area contributed by atoms with E-state index in [-0.39, 0.29) is 6.03 Å². The number of aromatic nitrogens is 2. The van der Waals surface area contributed by atoms with Gasteiger partial charge in [-0.05, 0) is 45.2 Å². The van der Waals surface area contributed by atoms with Crippen LogP contribution in [0.25, 0.3) is 22.2 Å². The Morgan fingerprint density at radius 2 is 1.65 bits per heavy atom. The van der Waals surface area contributed by atoms with Crippen LogP contribution < -0.4 is 5.32 Å². The zero-order valence-electron chi connectivity index (χ0n) is 17.1. The molecule has 0 aliphatic carbocycles. The van der Waals surface area contributed by atoms with Crippen molar-refractivity contribution in [3.8, 4) is 11.1 Å². The Balaban J connectivity index is 1.18. The number of nitrogens with zero attached hydrogens (tertiary/aromatic N) is 4. The molecule has 0 radical (unpaired) electrons. The Morgan fingerprint density at radius 3 is 2.48 bits per heavy atom. The van der Waals surface area contributed by atoms with Gasteiger partial charge in [0, 0.05) is 32.7 Å². The van der Waals surface area contributed by atoms with E-state index in [2.05, 4.69) is 69.1 Å². The largest absolute Gasteiger partial charge is 0.322 e. The van der Waals surface area contributed by atoms with Crippen LogP contribution in [0.1, 0.15) is 5.56 Å². The molecule has 1 aliphatic heterocycles. The lowest BCUT2D eigenvalue weighted by molar-refractivity contribution is 0.143. The number of carbonyl (C=O) groups excluding carboxylic acids is 1. The lowest BCUT2D eigenvalue weighted by Crippen LogP contribution is -2.49. The van der Waals surface area contributed by atoms with E-state index in [0.29, 0.717) is 29.8 Å². The molecule has 1 aliphatic rings. The topological polar surface area (TPSA) is 74.5 Å². The standard InChI is InChI=1S/C24H23N5O2/c30-24(25-21-10-5-11-22-23(21)27-31-26-22)29-14-12-28(13-15-29)17-18-6-4-9-20(16-18)19-7-2-1-3-8-19/h1-11,16H,12-15,17H2,(H,25,30). The zero-order valence-corrected chi connectivity index (χ0v) is 17.1. The first kappa shape index (κ1) is 19.3. The molecule has 7 heteroatoms. The monoisotopic (exact) mass is 413 g/mol. The maximum Gasteiger partial charge on any atom is 0.321 e. The minimum Gasteiger partial charge on any atom is -0.322 e. The third-order valence-electron chi connectivity index (χ3n) is 5.63. The van der Waals surface area contributed by atoms with Crippen LogP contribution in [0.15, 0.2) is 77.4 Å². The fourth-order valence-corrected chi connectivity index (χ4v) is 3.95. The maximum absolute atomic E-state index is 12.7. The van der Waals surface area contributed by atoms with E-state index >= 15 is 0 Å². The predicted octanol–water partition coefficient (Wildman–Crippen LogP) is 4.24. The average Bonchev–Trinajstić information content (AvgIpc) is 3.30. The SMILES string of the molecule is O=C(Nc1cccc2nonc12)N1CCN(Cc2cccc(-c3ccccc3)c2)CC1. The first-order valence-electron chi connectivity index (χ1n) is 10.4. The van der Waals surface area contributed by atoms with Gasteiger partial charge in [-0.2, -0.15) is 0 Å². The van der Waals surface area contributed by atoms with Crippen molar-refractivity contribution < 1.29 is 9.42 Å². The predicted molar refractivity (Wildman–Crippen MR) is 120 cm³/mol. The summed E-state index contributed by atoms with van der Waals surface area (Å²) in [5, 5.41) is 10.6. The molecule has 0 unspecified atom stereocenters. The van der Waals surface area contributed by atoms with Gasteiger partial charge in [-0.3, -0.25) is 4.90 Å². The lowest BCUT2D eigenvalue weighted by atomic mass is 10.0. The molecule has 0 atom stereocenters. The van der Waals surface area contributed by atoms with E-state index in [9.17, 15) is 4.79 Å². The fourth-order valence-electron chi connectivity index (χ4n) is 3.95. The van der Waals surface area contributed by atoms with Gasteiger partial charge in [-0.25, -0.2) is 9.42 Å². The Morgan fingerprint density at radius 1 is 0.871 bits per heavy atom. The molecule has 5 rings (SSSR count). The van der Waals surface area contributed by atoms with Crippen molar-refractivity contribution in [1.29, 1.82) is 0 Å². The van der Waals surface area contributed by atoms with Gasteiger partial charge >= 0.3 is 6.03 Å². The summed E-state index contributed by atoms with van der Waals surface area (Å²) >= 11 is 0. The Bertz CT molecular complexity index is 1180. The number of hydrogen-bond acceptors (Lipinski definition) is 5. The maximum atomic E-state index is 12.7. The van der Waals surface area contributed by atoms with Crippen molar-refractivity contribution in [3.63, 3.8) is 0 Å². The summed E-state index contributed by atoms with van der Waals surface area (Å²) in [4.78, 5) is 16.9.